The Kier molecular flexibility index (Phi) is 3.45. The molecule has 0 atom stereocenters. The van der Waals surface area contributed by atoms with Crippen molar-refractivity contribution in [1.29, 1.82) is 5.26 Å². The van der Waals surface area contributed by atoms with Gasteiger partial charge in [-0.3, -0.25) is 4.79 Å². The minimum Gasteiger partial charge on any atom is -0.506 e. The average Bonchev–Trinajstić information content (AvgIpc) is 2.74. The number of nitriles is 1. The summed E-state index contributed by atoms with van der Waals surface area (Å²) in [7, 11) is 1.66. The number of aromatic hydroxyl groups is 1. The quantitative estimate of drug-likeness (QED) is 0.827. The van der Waals surface area contributed by atoms with Crippen LogP contribution in [0.5, 0.6) is 5.75 Å². The fourth-order valence-electron chi connectivity index (χ4n) is 1.65. The van der Waals surface area contributed by atoms with Crippen LogP contribution < -0.4 is 5.32 Å². The molecule has 0 aliphatic rings. The van der Waals surface area contributed by atoms with E-state index in [1.165, 1.54) is 18.2 Å². The number of carbonyl (C=O) groups is 1. The molecular formula is C13H10ClN3O2. The lowest BCUT2D eigenvalue weighted by Gasteiger charge is -2.08. The van der Waals surface area contributed by atoms with Crippen LogP contribution in [0.3, 0.4) is 0 Å². The summed E-state index contributed by atoms with van der Waals surface area (Å²) in [6.07, 6.45) is 1.55. The van der Waals surface area contributed by atoms with E-state index in [1.54, 1.807) is 23.9 Å². The van der Waals surface area contributed by atoms with Gasteiger partial charge < -0.3 is 15.0 Å². The first-order chi connectivity index (χ1) is 9.01. The van der Waals surface area contributed by atoms with Gasteiger partial charge in [0, 0.05) is 24.3 Å². The number of benzene rings is 1. The summed E-state index contributed by atoms with van der Waals surface area (Å²) in [5, 5.41) is 21.4. The number of carbonyl (C=O) groups excluding carboxylic acids is 1. The highest BCUT2D eigenvalue weighted by Crippen LogP contribution is 2.27. The molecule has 19 heavy (non-hydrogen) atoms. The number of nitrogens with zero attached hydrogens (tertiary/aromatic N) is 2. The molecule has 0 radical (unpaired) electrons. The Morgan fingerprint density at radius 3 is 2.79 bits per heavy atom. The van der Waals surface area contributed by atoms with Crippen molar-refractivity contribution in [3.8, 4) is 11.8 Å². The second kappa shape index (κ2) is 5.04. The van der Waals surface area contributed by atoms with Gasteiger partial charge in [-0.15, -0.1) is 0 Å². The summed E-state index contributed by atoms with van der Waals surface area (Å²) in [6.45, 7) is 0. The monoisotopic (exact) mass is 275 g/mol. The van der Waals surface area contributed by atoms with Crippen molar-refractivity contribution in [2.45, 2.75) is 0 Å². The maximum atomic E-state index is 12.0. The Bertz CT molecular complexity index is 686. The third-order valence-corrected chi connectivity index (χ3v) is 2.81. The molecule has 1 aromatic carbocycles. The van der Waals surface area contributed by atoms with Gasteiger partial charge >= 0.3 is 0 Å². The summed E-state index contributed by atoms with van der Waals surface area (Å²) in [5.41, 5.74) is 0.980. The second-order valence-corrected chi connectivity index (χ2v) is 4.39. The van der Waals surface area contributed by atoms with Crippen LogP contribution in [0.15, 0.2) is 30.5 Å². The third kappa shape index (κ3) is 2.69. The molecule has 0 saturated heterocycles. The number of aromatic nitrogens is 1. The van der Waals surface area contributed by atoms with E-state index in [1.807, 2.05) is 6.07 Å². The van der Waals surface area contributed by atoms with E-state index in [2.05, 4.69) is 5.32 Å². The molecule has 6 heteroatoms. The molecule has 2 rings (SSSR count). The van der Waals surface area contributed by atoms with Crippen LogP contribution in [0.1, 0.15) is 16.1 Å². The highest BCUT2D eigenvalue weighted by molar-refractivity contribution is 6.30. The molecule has 2 N–H and O–H groups in total. The van der Waals surface area contributed by atoms with Crippen LogP contribution >= 0.6 is 11.6 Å². The number of hydrogen-bond acceptors (Lipinski definition) is 3. The summed E-state index contributed by atoms with van der Waals surface area (Å²) in [4.78, 5) is 12.0. The number of anilines is 1. The summed E-state index contributed by atoms with van der Waals surface area (Å²) in [6, 6.07) is 7.83. The number of nitrogens with one attached hydrogen (secondary N) is 1. The smallest absolute Gasteiger partial charge is 0.272 e. The van der Waals surface area contributed by atoms with Crippen molar-refractivity contribution < 1.29 is 9.90 Å². The van der Waals surface area contributed by atoms with Crippen LogP contribution in [0.2, 0.25) is 5.02 Å². The molecule has 0 unspecified atom stereocenters. The molecule has 2 aromatic rings. The Balaban J connectivity index is 2.26. The molecule has 96 valence electrons. The van der Waals surface area contributed by atoms with E-state index in [4.69, 9.17) is 16.9 Å². The second-order valence-electron chi connectivity index (χ2n) is 3.95. The molecule has 1 heterocycles. The molecule has 0 fully saturated rings. The minimum atomic E-state index is -0.415. The van der Waals surface area contributed by atoms with Crippen molar-refractivity contribution in [1.82, 2.24) is 4.57 Å². The molecule has 5 nitrogen and oxygen atoms in total. The zero-order chi connectivity index (χ0) is 14.0. The van der Waals surface area contributed by atoms with Gasteiger partial charge in [0.05, 0.1) is 11.3 Å². The standard InChI is InChI=1S/C13H10ClN3O2/c1-17-7-8(6-15)4-11(17)13(19)16-10-3-2-9(14)5-12(10)18/h2-5,7,18H,1H3,(H,16,19). The number of aryl methyl sites for hydroxylation is 1. The van der Waals surface area contributed by atoms with E-state index in [0.29, 0.717) is 16.3 Å². The van der Waals surface area contributed by atoms with Gasteiger partial charge in [-0.25, -0.2) is 0 Å². The zero-order valence-corrected chi connectivity index (χ0v) is 10.8. The zero-order valence-electron chi connectivity index (χ0n) is 10.0. The van der Waals surface area contributed by atoms with Gasteiger partial charge in [-0.1, -0.05) is 11.6 Å². The number of rotatable bonds is 2. The van der Waals surface area contributed by atoms with Crippen molar-refractivity contribution in [2.75, 3.05) is 5.32 Å². The Morgan fingerprint density at radius 2 is 2.21 bits per heavy atom. The first-order valence-corrected chi connectivity index (χ1v) is 5.75. The van der Waals surface area contributed by atoms with E-state index in [9.17, 15) is 9.90 Å². The van der Waals surface area contributed by atoms with Gasteiger partial charge in [0.15, 0.2) is 0 Å². The van der Waals surface area contributed by atoms with Gasteiger partial charge in [0.25, 0.3) is 5.91 Å². The van der Waals surface area contributed by atoms with E-state index < -0.39 is 5.91 Å². The number of amides is 1. The summed E-state index contributed by atoms with van der Waals surface area (Å²) in [5.74, 6) is -0.530. The molecule has 0 bridgehead atoms. The van der Waals surface area contributed by atoms with Gasteiger partial charge in [-0.05, 0) is 18.2 Å². The Labute approximate surface area is 114 Å². The molecule has 0 saturated carbocycles. The number of hydrogen-bond donors (Lipinski definition) is 2. The topological polar surface area (TPSA) is 78.0 Å². The summed E-state index contributed by atoms with van der Waals surface area (Å²) >= 11 is 5.70. The van der Waals surface area contributed by atoms with Crippen molar-refractivity contribution in [2.24, 2.45) is 7.05 Å². The maximum Gasteiger partial charge on any atom is 0.272 e. The minimum absolute atomic E-state index is 0.115. The highest BCUT2D eigenvalue weighted by atomic mass is 35.5. The molecule has 0 spiro atoms. The van der Waals surface area contributed by atoms with Gasteiger partial charge in [0.1, 0.15) is 17.5 Å². The predicted octanol–water partition coefficient (Wildman–Crippen LogP) is 2.51. The molecule has 1 amide bonds. The van der Waals surface area contributed by atoms with Crippen LogP contribution in [0.25, 0.3) is 0 Å². The SMILES string of the molecule is Cn1cc(C#N)cc1C(=O)Nc1ccc(Cl)cc1O. The van der Waals surface area contributed by atoms with Crippen LogP contribution in [-0.4, -0.2) is 15.6 Å². The van der Waals surface area contributed by atoms with Gasteiger partial charge in [0.2, 0.25) is 0 Å². The average molecular weight is 276 g/mol. The van der Waals surface area contributed by atoms with Crippen LogP contribution in [0, 0.1) is 11.3 Å². The normalized spacial score (nSPS) is 9.95. The molecule has 0 aliphatic heterocycles. The molecule has 0 aliphatic carbocycles. The Hall–Kier alpha value is -2.45. The molecular weight excluding hydrogens is 266 g/mol. The first kappa shape index (κ1) is 13.0. The first-order valence-electron chi connectivity index (χ1n) is 5.37. The molecule has 1 aromatic heterocycles. The Morgan fingerprint density at radius 1 is 1.47 bits per heavy atom. The van der Waals surface area contributed by atoms with E-state index >= 15 is 0 Å². The van der Waals surface area contributed by atoms with Crippen molar-refractivity contribution in [3.63, 3.8) is 0 Å². The van der Waals surface area contributed by atoms with Crippen molar-refractivity contribution in [3.05, 3.63) is 46.7 Å². The van der Waals surface area contributed by atoms with Crippen molar-refractivity contribution >= 4 is 23.2 Å². The number of halogens is 1. The van der Waals surface area contributed by atoms with Gasteiger partial charge in [-0.2, -0.15) is 5.26 Å². The lowest BCUT2D eigenvalue weighted by Crippen LogP contribution is -2.15. The predicted molar refractivity (Wildman–Crippen MR) is 71.2 cm³/mol. The number of phenolic OH excluding ortho intramolecular Hbond substituents is 1. The fourth-order valence-corrected chi connectivity index (χ4v) is 1.81. The summed E-state index contributed by atoms with van der Waals surface area (Å²) < 4.78 is 1.54. The lowest BCUT2D eigenvalue weighted by molar-refractivity contribution is 0.101. The van der Waals surface area contributed by atoms with E-state index in [0.717, 1.165) is 0 Å². The number of phenols is 1. The maximum absolute atomic E-state index is 12.0. The lowest BCUT2D eigenvalue weighted by atomic mass is 10.2. The fraction of sp³-hybridized carbons (Fsp3) is 0.0769. The highest BCUT2D eigenvalue weighted by Gasteiger charge is 2.13. The third-order valence-electron chi connectivity index (χ3n) is 2.57. The van der Waals surface area contributed by atoms with Crippen LogP contribution in [-0.2, 0) is 7.05 Å². The van der Waals surface area contributed by atoms with E-state index in [-0.39, 0.29) is 11.4 Å². The van der Waals surface area contributed by atoms with Crippen LogP contribution in [0.4, 0.5) is 5.69 Å². The largest absolute Gasteiger partial charge is 0.506 e.